The van der Waals surface area contributed by atoms with Crippen LogP contribution in [0.2, 0.25) is 0 Å². The maximum Gasteiger partial charge on any atom is 0.315 e. The molecule has 128 valence electrons. The standard InChI is InChI=1S/C19H25N3O2/c1-14(16-6-4-5-15(11-16)13-20)21-18(23)22-17-7-10-24-19(12-17)8-2-3-9-19/h4-6,11,14,17H,2-3,7-10,12H2,1H3,(H2,21,22,23)/t14-,17-/m0/s1. The lowest BCUT2D eigenvalue weighted by molar-refractivity contribution is -0.0820. The lowest BCUT2D eigenvalue weighted by atomic mass is 9.89. The number of carbonyl (C=O) groups excluding carboxylic acids is 1. The van der Waals surface area contributed by atoms with E-state index in [1.54, 1.807) is 6.07 Å². The Morgan fingerprint density at radius 3 is 2.96 bits per heavy atom. The predicted molar refractivity (Wildman–Crippen MR) is 91.4 cm³/mol. The van der Waals surface area contributed by atoms with Crippen LogP contribution in [0.3, 0.4) is 0 Å². The van der Waals surface area contributed by atoms with Gasteiger partial charge in [-0.25, -0.2) is 4.79 Å². The van der Waals surface area contributed by atoms with Crippen molar-refractivity contribution < 1.29 is 9.53 Å². The molecule has 2 N–H and O–H groups in total. The number of carbonyl (C=O) groups is 1. The van der Waals surface area contributed by atoms with Gasteiger partial charge in [0.2, 0.25) is 0 Å². The summed E-state index contributed by atoms with van der Waals surface area (Å²) in [7, 11) is 0. The van der Waals surface area contributed by atoms with Crippen LogP contribution in [0.25, 0.3) is 0 Å². The lowest BCUT2D eigenvalue weighted by Gasteiger charge is -2.38. The number of hydrogen-bond acceptors (Lipinski definition) is 3. The summed E-state index contributed by atoms with van der Waals surface area (Å²) in [5, 5.41) is 15.1. The summed E-state index contributed by atoms with van der Waals surface area (Å²) in [4.78, 5) is 12.3. The Morgan fingerprint density at radius 2 is 2.21 bits per heavy atom. The van der Waals surface area contributed by atoms with Crippen molar-refractivity contribution in [2.75, 3.05) is 6.61 Å². The van der Waals surface area contributed by atoms with Crippen molar-refractivity contribution in [3.05, 3.63) is 35.4 Å². The van der Waals surface area contributed by atoms with Crippen LogP contribution >= 0.6 is 0 Å². The monoisotopic (exact) mass is 327 g/mol. The van der Waals surface area contributed by atoms with Crippen LogP contribution in [0, 0.1) is 11.3 Å². The summed E-state index contributed by atoms with van der Waals surface area (Å²) in [6, 6.07) is 9.35. The van der Waals surface area contributed by atoms with Gasteiger partial charge in [0.05, 0.1) is 23.3 Å². The first-order valence-electron chi connectivity index (χ1n) is 8.81. The first kappa shape index (κ1) is 16.8. The van der Waals surface area contributed by atoms with Gasteiger partial charge in [0.1, 0.15) is 0 Å². The quantitative estimate of drug-likeness (QED) is 0.893. The molecule has 3 rings (SSSR count). The van der Waals surface area contributed by atoms with Gasteiger partial charge in [0.15, 0.2) is 0 Å². The van der Waals surface area contributed by atoms with E-state index in [1.807, 2.05) is 25.1 Å². The summed E-state index contributed by atoms with van der Waals surface area (Å²) in [5.74, 6) is 0. The Labute approximate surface area is 143 Å². The second kappa shape index (κ2) is 7.23. The summed E-state index contributed by atoms with van der Waals surface area (Å²) in [6.07, 6.45) is 6.47. The third kappa shape index (κ3) is 3.88. The molecule has 2 amide bonds. The number of amides is 2. The highest BCUT2D eigenvalue weighted by atomic mass is 16.5. The van der Waals surface area contributed by atoms with Gasteiger partial charge in [-0.05, 0) is 50.3 Å². The normalized spacial score (nSPS) is 23.4. The number of rotatable bonds is 3. The van der Waals surface area contributed by atoms with Crippen LogP contribution in [0.1, 0.15) is 62.6 Å². The van der Waals surface area contributed by atoms with Crippen molar-refractivity contribution in [3.63, 3.8) is 0 Å². The molecule has 0 bridgehead atoms. The zero-order valence-corrected chi connectivity index (χ0v) is 14.2. The number of nitriles is 1. The van der Waals surface area contributed by atoms with Crippen LogP contribution in [0.5, 0.6) is 0 Å². The Bertz CT molecular complexity index is 632. The van der Waals surface area contributed by atoms with Crippen molar-refractivity contribution in [3.8, 4) is 6.07 Å². The molecule has 0 unspecified atom stereocenters. The molecule has 5 nitrogen and oxygen atoms in total. The SMILES string of the molecule is C[C@H](NC(=O)N[C@H]1CCOC2(CCCC2)C1)c1cccc(C#N)c1. The minimum absolute atomic E-state index is 0.00292. The zero-order chi connectivity index (χ0) is 17.0. The largest absolute Gasteiger partial charge is 0.375 e. The Morgan fingerprint density at radius 1 is 1.42 bits per heavy atom. The fourth-order valence-electron chi connectivity index (χ4n) is 3.90. The molecule has 0 radical (unpaired) electrons. The van der Waals surface area contributed by atoms with E-state index in [-0.39, 0.29) is 23.7 Å². The lowest BCUT2D eigenvalue weighted by Crippen LogP contribution is -2.50. The summed E-state index contributed by atoms with van der Waals surface area (Å²) < 4.78 is 6.01. The highest BCUT2D eigenvalue weighted by molar-refractivity contribution is 5.74. The van der Waals surface area contributed by atoms with Crippen molar-refractivity contribution in [2.24, 2.45) is 0 Å². The summed E-state index contributed by atoms with van der Waals surface area (Å²) >= 11 is 0. The first-order valence-corrected chi connectivity index (χ1v) is 8.81. The molecule has 2 fully saturated rings. The van der Waals surface area contributed by atoms with Gasteiger partial charge in [-0.2, -0.15) is 5.26 Å². The third-order valence-electron chi connectivity index (χ3n) is 5.21. The fourth-order valence-corrected chi connectivity index (χ4v) is 3.90. The molecule has 0 aromatic heterocycles. The second-order valence-electron chi connectivity index (χ2n) is 7.01. The topological polar surface area (TPSA) is 74.2 Å². The Balaban J connectivity index is 1.54. The molecule has 2 atom stereocenters. The van der Waals surface area contributed by atoms with E-state index in [0.717, 1.165) is 37.9 Å². The highest BCUT2D eigenvalue weighted by Gasteiger charge is 2.40. The minimum atomic E-state index is -0.148. The Kier molecular flexibility index (Phi) is 5.06. The average molecular weight is 327 g/mol. The van der Waals surface area contributed by atoms with Crippen LogP contribution in [0.4, 0.5) is 4.79 Å². The van der Waals surface area contributed by atoms with Crippen LogP contribution in [0.15, 0.2) is 24.3 Å². The number of benzene rings is 1. The molecule has 5 heteroatoms. The minimum Gasteiger partial charge on any atom is -0.375 e. The summed E-state index contributed by atoms with van der Waals surface area (Å²) in [6.45, 7) is 2.66. The van der Waals surface area contributed by atoms with Crippen molar-refractivity contribution in [1.82, 2.24) is 10.6 Å². The van der Waals surface area contributed by atoms with Gasteiger partial charge in [0.25, 0.3) is 0 Å². The van der Waals surface area contributed by atoms with Gasteiger partial charge in [-0.1, -0.05) is 25.0 Å². The molecule has 1 saturated carbocycles. The van der Waals surface area contributed by atoms with Gasteiger partial charge < -0.3 is 15.4 Å². The number of hydrogen-bond donors (Lipinski definition) is 2. The van der Waals surface area contributed by atoms with Gasteiger partial charge in [0, 0.05) is 12.6 Å². The van der Waals surface area contributed by atoms with Gasteiger partial charge >= 0.3 is 6.03 Å². The third-order valence-corrected chi connectivity index (χ3v) is 5.21. The molecule has 1 spiro atoms. The number of urea groups is 1. The van der Waals surface area contributed by atoms with Crippen LogP contribution in [-0.2, 0) is 4.74 Å². The van der Waals surface area contributed by atoms with E-state index in [0.29, 0.717) is 5.56 Å². The number of ether oxygens (including phenoxy) is 1. The van der Waals surface area contributed by atoms with Crippen molar-refractivity contribution >= 4 is 6.03 Å². The van der Waals surface area contributed by atoms with E-state index in [1.165, 1.54) is 12.8 Å². The molecule has 24 heavy (non-hydrogen) atoms. The predicted octanol–water partition coefficient (Wildman–Crippen LogP) is 3.41. The molecule has 1 aliphatic heterocycles. The van der Waals surface area contributed by atoms with E-state index in [2.05, 4.69) is 16.7 Å². The van der Waals surface area contributed by atoms with Crippen LogP contribution < -0.4 is 10.6 Å². The maximum atomic E-state index is 12.3. The fraction of sp³-hybridized carbons (Fsp3) is 0.579. The molecule has 1 heterocycles. The van der Waals surface area contributed by atoms with E-state index in [9.17, 15) is 4.79 Å². The molecule has 2 aliphatic rings. The molecule has 1 aliphatic carbocycles. The van der Waals surface area contributed by atoms with Crippen molar-refractivity contribution in [2.45, 2.75) is 63.1 Å². The number of nitrogens with zero attached hydrogens (tertiary/aromatic N) is 1. The second-order valence-corrected chi connectivity index (χ2v) is 7.01. The molecule has 1 aromatic carbocycles. The molecule has 1 aromatic rings. The maximum absolute atomic E-state index is 12.3. The van der Waals surface area contributed by atoms with E-state index < -0.39 is 0 Å². The number of nitrogens with one attached hydrogen (secondary N) is 2. The van der Waals surface area contributed by atoms with Crippen LogP contribution in [-0.4, -0.2) is 24.3 Å². The Hall–Kier alpha value is -2.06. The highest BCUT2D eigenvalue weighted by Crippen LogP contribution is 2.39. The summed E-state index contributed by atoms with van der Waals surface area (Å²) in [5.41, 5.74) is 1.54. The molecular formula is C19H25N3O2. The molecular weight excluding hydrogens is 302 g/mol. The average Bonchev–Trinajstić information content (AvgIpc) is 3.02. The van der Waals surface area contributed by atoms with Gasteiger partial charge in [-0.3, -0.25) is 0 Å². The van der Waals surface area contributed by atoms with Gasteiger partial charge in [-0.15, -0.1) is 0 Å². The van der Waals surface area contributed by atoms with Crippen molar-refractivity contribution in [1.29, 1.82) is 5.26 Å². The van der Waals surface area contributed by atoms with E-state index in [4.69, 9.17) is 10.00 Å². The molecule has 1 saturated heterocycles. The zero-order valence-electron chi connectivity index (χ0n) is 14.2. The first-order chi connectivity index (χ1) is 11.6. The van der Waals surface area contributed by atoms with E-state index >= 15 is 0 Å². The smallest absolute Gasteiger partial charge is 0.315 e.